The molecule has 0 aliphatic carbocycles. The van der Waals surface area contributed by atoms with E-state index in [1.165, 1.54) is 0 Å². The summed E-state index contributed by atoms with van der Waals surface area (Å²) in [5.74, 6) is -0.319. The number of benzene rings is 1. The molecule has 1 aromatic carbocycles. The average molecular weight is 310 g/mol. The van der Waals surface area contributed by atoms with Crippen LogP contribution in [-0.4, -0.2) is 27.6 Å². The monoisotopic (exact) mass is 310 g/mol. The summed E-state index contributed by atoms with van der Waals surface area (Å²) in [5.41, 5.74) is 1.83. The summed E-state index contributed by atoms with van der Waals surface area (Å²) in [5, 5.41) is 17.5. The second-order valence-corrected chi connectivity index (χ2v) is 4.88. The minimum atomic E-state index is -1.15. The number of imidazole rings is 1. The number of fused-ring (bicyclic) bond motifs is 1. The van der Waals surface area contributed by atoms with Gasteiger partial charge in [-0.15, -0.1) is 10.2 Å². The Morgan fingerprint density at radius 3 is 2.83 bits per heavy atom. The van der Waals surface area contributed by atoms with E-state index in [0.29, 0.717) is 17.1 Å². The van der Waals surface area contributed by atoms with Crippen LogP contribution in [0.25, 0.3) is 5.65 Å². The van der Waals surface area contributed by atoms with Crippen molar-refractivity contribution in [3.05, 3.63) is 53.9 Å². The fraction of sp³-hybridized carbons (Fsp3) is 0.125. The molecule has 0 spiro atoms. The quantitative estimate of drug-likeness (QED) is 0.743. The van der Waals surface area contributed by atoms with Crippen LogP contribution in [0.2, 0.25) is 0 Å². The highest BCUT2D eigenvalue weighted by Gasteiger charge is 2.19. The summed E-state index contributed by atoms with van der Waals surface area (Å²) in [6, 6.07) is 10.7. The summed E-state index contributed by atoms with van der Waals surface area (Å²) in [6.45, 7) is 1.86. The van der Waals surface area contributed by atoms with Crippen molar-refractivity contribution < 1.29 is 14.6 Å². The predicted molar refractivity (Wildman–Crippen MR) is 84.1 cm³/mol. The number of hydrogen-bond donors (Lipinski definition) is 1. The highest BCUT2D eigenvalue weighted by Crippen LogP contribution is 2.26. The van der Waals surface area contributed by atoms with Crippen molar-refractivity contribution in [2.75, 3.05) is 7.11 Å². The molecule has 0 saturated carbocycles. The smallest absolute Gasteiger partial charge is 0.358 e. The molecule has 0 amide bonds. The first-order valence-corrected chi connectivity index (χ1v) is 6.87. The molecule has 0 unspecified atom stereocenters. The summed E-state index contributed by atoms with van der Waals surface area (Å²) >= 11 is 0. The average Bonchev–Trinajstić information content (AvgIpc) is 2.93. The highest BCUT2D eigenvalue weighted by molar-refractivity contribution is 5.92. The topological polar surface area (TPSA) is 88.5 Å². The minimum Gasteiger partial charge on any atom is -0.497 e. The van der Waals surface area contributed by atoms with Crippen molar-refractivity contribution in [3.8, 4) is 5.75 Å². The molecule has 23 heavy (non-hydrogen) atoms. The van der Waals surface area contributed by atoms with E-state index in [9.17, 15) is 9.90 Å². The maximum atomic E-state index is 11.4. The molecule has 0 aliphatic rings. The zero-order valence-corrected chi connectivity index (χ0v) is 12.6. The SMILES string of the molecule is COc1cccc(N=Nc2c(C(=O)O)nc3c(C)cccn23)c1. The molecule has 7 heteroatoms. The van der Waals surface area contributed by atoms with E-state index in [4.69, 9.17) is 4.74 Å². The van der Waals surface area contributed by atoms with Gasteiger partial charge in [0.25, 0.3) is 0 Å². The van der Waals surface area contributed by atoms with Crippen LogP contribution in [-0.2, 0) is 0 Å². The zero-order valence-electron chi connectivity index (χ0n) is 12.6. The van der Waals surface area contributed by atoms with Crippen molar-refractivity contribution in [1.29, 1.82) is 0 Å². The lowest BCUT2D eigenvalue weighted by molar-refractivity contribution is 0.0692. The van der Waals surface area contributed by atoms with Gasteiger partial charge in [-0.25, -0.2) is 9.78 Å². The van der Waals surface area contributed by atoms with E-state index < -0.39 is 5.97 Å². The number of nitrogens with zero attached hydrogens (tertiary/aromatic N) is 4. The molecule has 0 atom stereocenters. The third-order valence-electron chi connectivity index (χ3n) is 3.34. The number of aromatic carboxylic acids is 1. The van der Waals surface area contributed by atoms with E-state index in [-0.39, 0.29) is 11.5 Å². The second-order valence-electron chi connectivity index (χ2n) is 4.88. The summed E-state index contributed by atoms with van der Waals surface area (Å²) in [4.78, 5) is 15.6. The van der Waals surface area contributed by atoms with E-state index in [0.717, 1.165) is 5.56 Å². The molecule has 1 N–H and O–H groups in total. The Kier molecular flexibility index (Phi) is 3.76. The summed E-state index contributed by atoms with van der Waals surface area (Å²) < 4.78 is 6.74. The fourth-order valence-corrected chi connectivity index (χ4v) is 2.21. The summed E-state index contributed by atoms with van der Waals surface area (Å²) in [7, 11) is 1.56. The Balaban J connectivity index is 2.11. The lowest BCUT2D eigenvalue weighted by Crippen LogP contribution is -1.96. The van der Waals surface area contributed by atoms with E-state index >= 15 is 0 Å². The first-order chi connectivity index (χ1) is 11.1. The molecule has 0 saturated heterocycles. The van der Waals surface area contributed by atoms with Crippen molar-refractivity contribution in [1.82, 2.24) is 9.38 Å². The van der Waals surface area contributed by atoms with Gasteiger partial charge in [0.1, 0.15) is 11.4 Å². The van der Waals surface area contributed by atoms with Gasteiger partial charge in [0.15, 0.2) is 11.5 Å². The Labute approximate surface area is 131 Å². The van der Waals surface area contributed by atoms with Gasteiger partial charge in [-0.1, -0.05) is 12.1 Å². The normalized spacial score (nSPS) is 11.2. The Bertz CT molecular complexity index is 915. The van der Waals surface area contributed by atoms with Gasteiger partial charge in [-0.3, -0.25) is 4.40 Å². The van der Waals surface area contributed by atoms with Crippen LogP contribution in [0.3, 0.4) is 0 Å². The highest BCUT2D eigenvalue weighted by atomic mass is 16.5. The van der Waals surface area contributed by atoms with Crippen LogP contribution in [0.4, 0.5) is 11.5 Å². The van der Waals surface area contributed by atoms with Crippen molar-refractivity contribution in [2.24, 2.45) is 10.2 Å². The first kappa shape index (κ1) is 14.7. The van der Waals surface area contributed by atoms with E-state index in [1.54, 1.807) is 48.0 Å². The van der Waals surface area contributed by atoms with Crippen LogP contribution in [0.1, 0.15) is 16.1 Å². The number of methoxy groups -OCH3 is 1. The molecular formula is C16H14N4O3. The van der Waals surface area contributed by atoms with Gasteiger partial charge < -0.3 is 9.84 Å². The Morgan fingerprint density at radius 2 is 2.09 bits per heavy atom. The molecule has 0 radical (unpaired) electrons. The number of aromatic nitrogens is 2. The molecule has 7 nitrogen and oxygen atoms in total. The molecule has 2 heterocycles. The summed E-state index contributed by atoms with van der Waals surface area (Å²) in [6.07, 6.45) is 1.71. The number of pyridine rings is 1. The lowest BCUT2D eigenvalue weighted by Gasteiger charge is -2.00. The van der Waals surface area contributed by atoms with Crippen LogP contribution < -0.4 is 4.74 Å². The van der Waals surface area contributed by atoms with Crippen molar-refractivity contribution in [3.63, 3.8) is 0 Å². The number of carboxylic acid groups (broad SMARTS) is 1. The number of aryl methyl sites for hydroxylation is 1. The number of azo groups is 1. The maximum Gasteiger partial charge on any atom is 0.358 e. The zero-order chi connectivity index (χ0) is 16.4. The van der Waals surface area contributed by atoms with Gasteiger partial charge in [0.05, 0.1) is 12.8 Å². The largest absolute Gasteiger partial charge is 0.497 e. The number of ether oxygens (including phenoxy) is 1. The molecule has 0 bridgehead atoms. The predicted octanol–water partition coefficient (Wildman–Crippen LogP) is 3.76. The van der Waals surface area contributed by atoms with Crippen molar-refractivity contribution >= 4 is 23.1 Å². The molecule has 3 aromatic rings. The van der Waals surface area contributed by atoms with Gasteiger partial charge >= 0.3 is 5.97 Å². The van der Waals surface area contributed by atoms with Crippen LogP contribution >= 0.6 is 0 Å². The maximum absolute atomic E-state index is 11.4. The first-order valence-electron chi connectivity index (χ1n) is 6.87. The lowest BCUT2D eigenvalue weighted by atomic mass is 10.3. The fourth-order valence-electron chi connectivity index (χ4n) is 2.21. The third-order valence-corrected chi connectivity index (χ3v) is 3.34. The molecule has 116 valence electrons. The van der Waals surface area contributed by atoms with Crippen LogP contribution in [0.15, 0.2) is 52.8 Å². The molecule has 2 aromatic heterocycles. The Hall–Kier alpha value is -3.22. The standard InChI is InChI=1S/C16H14N4O3/c1-10-5-4-8-20-14(10)17-13(16(21)22)15(20)19-18-11-6-3-7-12(9-11)23-2/h3-9H,1-2H3,(H,21,22). The van der Waals surface area contributed by atoms with Crippen LogP contribution in [0.5, 0.6) is 5.75 Å². The van der Waals surface area contributed by atoms with Gasteiger partial charge in [-0.2, -0.15) is 0 Å². The number of rotatable bonds is 4. The van der Waals surface area contributed by atoms with Gasteiger partial charge in [-0.05, 0) is 30.7 Å². The third kappa shape index (κ3) is 2.76. The van der Waals surface area contributed by atoms with Crippen LogP contribution in [0, 0.1) is 6.92 Å². The van der Waals surface area contributed by atoms with E-state index in [1.807, 2.05) is 13.0 Å². The molecule has 0 fully saturated rings. The number of carbonyl (C=O) groups is 1. The van der Waals surface area contributed by atoms with Gasteiger partial charge in [0, 0.05) is 12.3 Å². The van der Waals surface area contributed by atoms with Crippen molar-refractivity contribution in [2.45, 2.75) is 6.92 Å². The minimum absolute atomic E-state index is 0.133. The second kappa shape index (κ2) is 5.88. The van der Waals surface area contributed by atoms with E-state index in [2.05, 4.69) is 15.2 Å². The van der Waals surface area contributed by atoms with Gasteiger partial charge in [0.2, 0.25) is 0 Å². The Morgan fingerprint density at radius 1 is 1.26 bits per heavy atom. The number of carboxylic acids is 1. The molecule has 3 rings (SSSR count). The molecule has 0 aliphatic heterocycles. The molecular weight excluding hydrogens is 296 g/mol. The number of hydrogen-bond acceptors (Lipinski definition) is 5.